The van der Waals surface area contributed by atoms with E-state index in [9.17, 15) is 24.9 Å². The van der Waals surface area contributed by atoms with Gasteiger partial charge in [-0.05, 0) is 27.7 Å². The van der Waals surface area contributed by atoms with Gasteiger partial charge in [-0.15, -0.1) is 0 Å². The predicted molar refractivity (Wildman–Crippen MR) is 129 cm³/mol. The zero-order chi connectivity index (χ0) is 25.7. The Morgan fingerprint density at radius 1 is 0.882 bits per heavy atom. The van der Waals surface area contributed by atoms with E-state index in [2.05, 4.69) is 0 Å². The molecule has 0 aliphatic carbocycles. The van der Waals surface area contributed by atoms with E-state index in [-0.39, 0.29) is 24.2 Å². The lowest BCUT2D eigenvalue weighted by atomic mass is 10.0. The molecule has 4 N–H and O–H groups in total. The van der Waals surface area contributed by atoms with Crippen LogP contribution in [-0.4, -0.2) is 63.6 Å². The molecule has 4 atom stereocenters. The molecular formula is C26H34O8. The summed E-state index contributed by atoms with van der Waals surface area (Å²) in [6, 6.07) is 0. The van der Waals surface area contributed by atoms with Crippen molar-refractivity contribution < 1.29 is 39.5 Å². The maximum Gasteiger partial charge on any atom is 0.336 e. The molecule has 34 heavy (non-hydrogen) atoms. The van der Waals surface area contributed by atoms with Crippen molar-refractivity contribution in [3.05, 3.63) is 83.1 Å². The third-order valence-corrected chi connectivity index (χ3v) is 4.83. The van der Waals surface area contributed by atoms with Crippen LogP contribution in [0.15, 0.2) is 83.1 Å². The van der Waals surface area contributed by atoms with Crippen molar-refractivity contribution in [3.8, 4) is 0 Å². The largest absolute Gasteiger partial charge is 0.478 e. The predicted octanol–water partition coefficient (Wildman–Crippen LogP) is 2.90. The Labute approximate surface area is 200 Å². The molecule has 0 aromatic rings. The molecule has 0 spiro atoms. The summed E-state index contributed by atoms with van der Waals surface area (Å²) in [5, 5.41) is 37.7. The number of carbonyl (C=O) groups excluding carboxylic acids is 1. The van der Waals surface area contributed by atoms with Crippen molar-refractivity contribution in [2.75, 3.05) is 6.61 Å². The van der Waals surface area contributed by atoms with Gasteiger partial charge in [-0.1, -0.05) is 71.9 Å². The van der Waals surface area contributed by atoms with Gasteiger partial charge in [-0.3, -0.25) is 0 Å². The van der Waals surface area contributed by atoms with Crippen LogP contribution in [0, 0.1) is 0 Å². The van der Waals surface area contributed by atoms with Crippen LogP contribution >= 0.6 is 0 Å². The molecule has 0 amide bonds. The Bertz CT molecular complexity index is 917. The first-order valence-corrected chi connectivity index (χ1v) is 10.8. The van der Waals surface area contributed by atoms with Gasteiger partial charge in [0.25, 0.3) is 0 Å². The fourth-order valence-corrected chi connectivity index (χ4v) is 2.68. The molecule has 0 bridgehead atoms. The van der Waals surface area contributed by atoms with Crippen molar-refractivity contribution >= 4 is 11.9 Å². The van der Waals surface area contributed by atoms with E-state index in [1.54, 1.807) is 31.2 Å². The third kappa shape index (κ3) is 10.7. The van der Waals surface area contributed by atoms with E-state index >= 15 is 0 Å². The summed E-state index contributed by atoms with van der Waals surface area (Å²) in [7, 11) is 0. The molecule has 1 aliphatic heterocycles. The molecule has 8 heteroatoms. The van der Waals surface area contributed by atoms with Gasteiger partial charge in [0.05, 0.1) is 18.8 Å². The maximum atomic E-state index is 12.2. The number of carboxylic acids is 1. The number of carboxylic acid groups (broad SMARTS) is 1. The highest BCUT2D eigenvalue weighted by Gasteiger charge is 2.39. The Morgan fingerprint density at radius 2 is 1.41 bits per heavy atom. The summed E-state index contributed by atoms with van der Waals surface area (Å²) < 4.78 is 10.4. The van der Waals surface area contributed by atoms with Crippen molar-refractivity contribution in [1.82, 2.24) is 0 Å². The zero-order valence-electron chi connectivity index (χ0n) is 19.9. The molecule has 1 rings (SSSR count). The van der Waals surface area contributed by atoms with Gasteiger partial charge in [0.1, 0.15) is 6.10 Å². The second-order valence-electron chi connectivity index (χ2n) is 7.94. The van der Waals surface area contributed by atoms with Gasteiger partial charge in [-0.2, -0.15) is 0 Å². The van der Waals surface area contributed by atoms with Crippen LogP contribution in [0.5, 0.6) is 0 Å². The fourth-order valence-electron chi connectivity index (χ4n) is 2.68. The number of esters is 1. The van der Waals surface area contributed by atoms with Crippen molar-refractivity contribution in [2.45, 2.75) is 58.7 Å². The number of hydrogen-bond donors (Lipinski definition) is 4. The number of aliphatic hydroxyl groups excluding tert-OH is 3. The molecule has 1 heterocycles. The first-order valence-electron chi connectivity index (χ1n) is 10.8. The molecule has 0 saturated carbocycles. The molecule has 0 aromatic carbocycles. The first kappa shape index (κ1) is 29.0. The van der Waals surface area contributed by atoms with Gasteiger partial charge in [0, 0.05) is 17.6 Å². The summed E-state index contributed by atoms with van der Waals surface area (Å²) in [5.41, 5.74) is 2.41. The topological polar surface area (TPSA) is 134 Å². The normalized spacial score (nSPS) is 25.5. The fraction of sp³-hybridized carbons (Fsp3) is 0.385. The van der Waals surface area contributed by atoms with Crippen LogP contribution < -0.4 is 0 Å². The van der Waals surface area contributed by atoms with Crippen LogP contribution in [0.1, 0.15) is 34.1 Å². The number of aliphatic hydroxyl groups is 3. The van der Waals surface area contributed by atoms with E-state index in [4.69, 9.17) is 14.6 Å². The molecule has 0 aromatic heterocycles. The van der Waals surface area contributed by atoms with Crippen LogP contribution in [0.2, 0.25) is 0 Å². The van der Waals surface area contributed by atoms with Gasteiger partial charge >= 0.3 is 11.9 Å². The highest BCUT2D eigenvalue weighted by molar-refractivity contribution is 5.88. The van der Waals surface area contributed by atoms with E-state index in [1.165, 1.54) is 13.0 Å². The zero-order valence-corrected chi connectivity index (χ0v) is 19.9. The highest BCUT2D eigenvalue weighted by atomic mass is 16.7. The average Bonchev–Trinajstić information content (AvgIpc) is 2.79. The molecular weight excluding hydrogens is 440 g/mol. The molecule has 1 saturated heterocycles. The lowest BCUT2D eigenvalue weighted by molar-refractivity contribution is -0.261. The van der Waals surface area contributed by atoms with E-state index in [0.29, 0.717) is 0 Å². The van der Waals surface area contributed by atoms with Gasteiger partial charge in [0.2, 0.25) is 6.29 Å². The number of carbonyl (C=O) groups is 2. The van der Waals surface area contributed by atoms with Gasteiger partial charge < -0.3 is 29.9 Å². The molecule has 0 unspecified atom stereocenters. The highest BCUT2D eigenvalue weighted by Crippen LogP contribution is 2.22. The number of hydrogen-bond acceptors (Lipinski definition) is 7. The summed E-state index contributed by atoms with van der Waals surface area (Å²) in [4.78, 5) is 22.9. The Balaban J connectivity index is 2.61. The molecule has 1 fully saturated rings. The number of aliphatic carboxylic acids is 1. The number of ether oxygens (including phenoxy) is 2. The minimum absolute atomic E-state index is 0.0548. The Kier molecular flexibility index (Phi) is 12.8. The SMILES string of the molecule is CC(/C=C/C=C(\C)C(=O)O)=C\C=C\C=C(C)\C=C\C=C(/C)C(=O)O[C@@H]1O[C@H](CO)C[C@H](O)[C@H]1O. The summed E-state index contributed by atoms with van der Waals surface area (Å²) in [6.45, 7) is 6.51. The second-order valence-corrected chi connectivity index (χ2v) is 7.94. The van der Waals surface area contributed by atoms with Crippen molar-refractivity contribution in [3.63, 3.8) is 0 Å². The van der Waals surface area contributed by atoms with Crippen LogP contribution in [-0.2, 0) is 19.1 Å². The van der Waals surface area contributed by atoms with Crippen molar-refractivity contribution in [2.24, 2.45) is 0 Å². The maximum absolute atomic E-state index is 12.2. The third-order valence-electron chi connectivity index (χ3n) is 4.83. The van der Waals surface area contributed by atoms with Gasteiger partial charge in [-0.25, -0.2) is 9.59 Å². The number of allylic oxidation sites excluding steroid dienone is 12. The molecule has 0 radical (unpaired) electrons. The lowest BCUT2D eigenvalue weighted by Gasteiger charge is -2.35. The van der Waals surface area contributed by atoms with Gasteiger partial charge in [0.15, 0.2) is 0 Å². The second kappa shape index (κ2) is 15.0. The average molecular weight is 475 g/mol. The summed E-state index contributed by atoms with van der Waals surface area (Å²) in [6.07, 6.45) is 13.0. The molecule has 1 aliphatic rings. The van der Waals surface area contributed by atoms with Crippen LogP contribution in [0.25, 0.3) is 0 Å². The minimum atomic E-state index is -1.38. The smallest absolute Gasteiger partial charge is 0.336 e. The van der Waals surface area contributed by atoms with Crippen LogP contribution in [0.3, 0.4) is 0 Å². The standard InChI is InChI=1S/C26H34O8/c1-17(11-7-13-19(3)24(30)31)9-5-6-10-18(2)12-8-14-20(4)25(32)34-26-23(29)22(28)15-21(16-27)33-26/h5-14,21-23,26-29H,15-16H2,1-4H3,(H,30,31)/b6-5+,11-7+,12-8+,17-9+,18-10+,19-13+,20-14+/t21-,22-,23+,26-/m0/s1. The quantitative estimate of drug-likeness (QED) is 0.216. The summed E-state index contributed by atoms with van der Waals surface area (Å²) >= 11 is 0. The Morgan fingerprint density at radius 3 is 1.91 bits per heavy atom. The Hall–Kier alpha value is -3.04. The lowest BCUT2D eigenvalue weighted by Crippen LogP contribution is -2.51. The van der Waals surface area contributed by atoms with E-state index in [1.807, 2.05) is 44.2 Å². The molecule has 8 nitrogen and oxygen atoms in total. The summed E-state index contributed by atoms with van der Waals surface area (Å²) in [5.74, 6) is -1.65. The monoisotopic (exact) mass is 474 g/mol. The van der Waals surface area contributed by atoms with E-state index in [0.717, 1.165) is 11.1 Å². The number of rotatable bonds is 10. The van der Waals surface area contributed by atoms with E-state index < -0.39 is 36.5 Å². The van der Waals surface area contributed by atoms with Crippen molar-refractivity contribution in [1.29, 1.82) is 0 Å². The first-order chi connectivity index (χ1) is 16.0. The molecule has 186 valence electrons. The minimum Gasteiger partial charge on any atom is -0.478 e. The van der Waals surface area contributed by atoms with Crippen LogP contribution in [0.4, 0.5) is 0 Å².